The van der Waals surface area contributed by atoms with Gasteiger partial charge in [-0.25, -0.2) is 4.79 Å². The molecule has 1 aliphatic rings. The third-order valence-corrected chi connectivity index (χ3v) is 5.09. The van der Waals surface area contributed by atoms with Crippen LogP contribution in [0.3, 0.4) is 0 Å². The summed E-state index contributed by atoms with van der Waals surface area (Å²) in [4.78, 5) is 12.0. The number of hydrogen-bond acceptors (Lipinski definition) is 5. The van der Waals surface area contributed by atoms with Crippen LogP contribution in [0.15, 0.2) is 60.7 Å². The first-order valence-corrected chi connectivity index (χ1v) is 9.14. The Morgan fingerprint density at radius 3 is 2.04 bits per heavy atom. The van der Waals surface area contributed by atoms with Crippen molar-refractivity contribution in [1.29, 1.82) is 0 Å². The molecule has 5 nitrogen and oxygen atoms in total. The number of hydrogen-bond donors (Lipinski definition) is 2. The Morgan fingerprint density at radius 2 is 1.50 bits per heavy atom. The number of benzene rings is 3. The van der Waals surface area contributed by atoms with Crippen LogP contribution >= 0.6 is 0 Å². The van der Waals surface area contributed by atoms with E-state index in [0.717, 1.165) is 39.6 Å². The van der Waals surface area contributed by atoms with Crippen LogP contribution in [0.5, 0.6) is 11.5 Å². The number of anilines is 2. The second kappa shape index (κ2) is 7.27. The van der Waals surface area contributed by atoms with Crippen molar-refractivity contribution in [3.8, 4) is 11.5 Å². The van der Waals surface area contributed by atoms with Gasteiger partial charge in [0.15, 0.2) is 0 Å². The van der Waals surface area contributed by atoms with Crippen molar-refractivity contribution >= 4 is 17.3 Å². The van der Waals surface area contributed by atoms with E-state index in [1.807, 2.05) is 56.6 Å². The van der Waals surface area contributed by atoms with E-state index in [1.165, 1.54) is 7.11 Å². The zero-order valence-electron chi connectivity index (χ0n) is 16.1. The molecular weight excluding hydrogens is 352 g/mol. The predicted octanol–water partition coefficient (Wildman–Crippen LogP) is 4.84. The summed E-state index contributed by atoms with van der Waals surface area (Å²) >= 11 is 0. The van der Waals surface area contributed by atoms with Crippen molar-refractivity contribution in [1.82, 2.24) is 0 Å². The molecule has 3 aromatic rings. The lowest BCUT2D eigenvalue weighted by molar-refractivity contribution is 0.0600. The molecule has 0 aliphatic carbocycles. The van der Waals surface area contributed by atoms with Gasteiger partial charge in [-0.3, -0.25) is 0 Å². The van der Waals surface area contributed by atoms with Gasteiger partial charge in [0.05, 0.1) is 12.7 Å². The van der Waals surface area contributed by atoms with Gasteiger partial charge in [0.1, 0.15) is 11.5 Å². The Balaban J connectivity index is 1.90. The number of methoxy groups -OCH3 is 1. The molecular formula is C23H22N2O3. The molecule has 3 aromatic carbocycles. The molecule has 2 N–H and O–H groups in total. The van der Waals surface area contributed by atoms with E-state index in [-0.39, 0.29) is 11.9 Å². The minimum Gasteiger partial charge on any atom is -0.465 e. The van der Waals surface area contributed by atoms with Crippen molar-refractivity contribution in [3.05, 3.63) is 82.9 Å². The quantitative estimate of drug-likeness (QED) is 0.501. The summed E-state index contributed by atoms with van der Waals surface area (Å²) in [6.07, 6.45) is 0. The molecule has 1 aliphatic heterocycles. The molecule has 0 bridgehead atoms. The van der Waals surface area contributed by atoms with Crippen LogP contribution in [0.2, 0.25) is 0 Å². The predicted molar refractivity (Wildman–Crippen MR) is 111 cm³/mol. The van der Waals surface area contributed by atoms with E-state index in [4.69, 9.17) is 9.47 Å². The van der Waals surface area contributed by atoms with Crippen molar-refractivity contribution in [3.63, 3.8) is 0 Å². The third-order valence-electron chi connectivity index (χ3n) is 5.09. The summed E-state index contributed by atoms with van der Waals surface area (Å²) in [5.74, 6) is 1.23. The Morgan fingerprint density at radius 1 is 0.893 bits per heavy atom. The Bertz CT molecular complexity index is 992. The zero-order chi connectivity index (χ0) is 19.7. The highest BCUT2D eigenvalue weighted by atomic mass is 16.5. The van der Waals surface area contributed by atoms with E-state index in [0.29, 0.717) is 5.56 Å². The second-order valence-corrected chi connectivity index (χ2v) is 6.66. The number of carbonyl (C=O) groups excluding carboxylic acids is 1. The summed E-state index contributed by atoms with van der Waals surface area (Å²) in [6, 6.07) is 19.8. The number of carbonyl (C=O) groups is 1. The minimum atomic E-state index is -0.342. The lowest BCUT2D eigenvalue weighted by atomic mass is 9.82. The number of esters is 1. The molecule has 0 spiro atoms. The van der Waals surface area contributed by atoms with Gasteiger partial charge in [0.25, 0.3) is 0 Å². The normalized spacial score (nSPS) is 12.4. The van der Waals surface area contributed by atoms with E-state index >= 15 is 0 Å². The molecule has 0 amide bonds. The number of fused-ring (bicyclic) bond motifs is 2. The van der Waals surface area contributed by atoms with Crippen molar-refractivity contribution < 1.29 is 14.3 Å². The summed E-state index contributed by atoms with van der Waals surface area (Å²) in [5.41, 5.74) is 5.64. The number of nitrogens with one attached hydrogen (secondary N) is 2. The molecule has 5 heteroatoms. The maximum atomic E-state index is 12.0. The van der Waals surface area contributed by atoms with E-state index in [9.17, 15) is 4.79 Å². The van der Waals surface area contributed by atoms with Crippen LogP contribution in [0.4, 0.5) is 11.4 Å². The first-order chi connectivity index (χ1) is 13.6. The Kier molecular flexibility index (Phi) is 4.65. The SMILES string of the molecule is CNc1ccc2c(c1)Oc1cc(NC)ccc1C2c1cccc(C(=O)OC)c1. The van der Waals surface area contributed by atoms with Gasteiger partial charge in [-0.1, -0.05) is 24.3 Å². The van der Waals surface area contributed by atoms with Gasteiger partial charge < -0.3 is 20.1 Å². The highest BCUT2D eigenvalue weighted by Gasteiger charge is 2.29. The Labute approximate surface area is 164 Å². The van der Waals surface area contributed by atoms with Crippen molar-refractivity contribution in [2.75, 3.05) is 31.8 Å². The smallest absolute Gasteiger partial charge is 0.337 e. The molecule has 1 heterocycles. The first kappa shape index (κ1) is 17.9. The van der Waals surface area contributed by atoms with Gasteiger partial charge >= 0.3 is 5.97 Å². The molecule has 0 atom stereocenters. The van der Waals surface area contributed by atoms with Crippen LogP contribution in [-0.2, 0) is 4.74 Å². The maximum absolute atomic E-state index is 12.0. The standard InChI is InChI=1S/C23H22N2O3/c1-24-16-7-9-18-20(12-16)28-21-13-17(25-2)8-10-19(21)22(18)14-5-4-6-15(11-14)23(26)27-3/h4-13,22,24-25H,1-3H3. The molecule has 28 heavy (non-hydrogen) atoms. The van der Waals surface area contributed by atoms with Crippen LogP contribution in [0, 0.1) is 0 Å². The molecule has 0 radical (unpaired) electrons. The Hall–Kier alpha value is -3.47. The number of rotatable bonds is 4. The van der Waals surface area contributed by atoms with Crippen molar-refractivity contribution in [2.24, 2.45) is 0 Å². The fourth-order valence-corrected chi connectivity index (χ4v) is 3.64. The topological polar surface area (TPSA) is 59.6 Å². The van der Waals surface area contributed by atoms with E-state index in [1.54, 1.807) is 6.07 Å². The van der Waals surface area contributed by atoms with E-state index in [2.05, 4.69) is 22.8 Å². The summed E-state index contributed by atoms with van der Waals surface area (Å²) in [7, 11) is 5.16. The first-order valence-electron chi connectivity index (χ1n) is 9.14. The van der Waals surface area contributed by atoms with Crippen LogP contribution in [-0.4, -0.2) is 27.2 Å². The highest BCUT2D eigenvalue weighted by molar-refractivity contribution is 5.89. The zero-order valence-corrected chi connectivity index (χ0v) is 16.1. The monoisotopic (exact) mass is 374 g/mol. The number of ether oxygens (including phenoxy) is 2. The van der Waals surface area contributed by atoms with Gasteiger partial charge in [-0.05, 0) is 29.8 Å². The maximum Gasteiger partial charge on any atom is 0.337 e. The average molecular weight is 374 g/mol. The van der Waals surface area contributed by atoms with Gasteiger partial charge in [0, 0.05) is 54.6 Å². The molecule has 4 rings (SSSR count). The fraction of sp³-hybridized carbons (Fsp3) is 0.174. The van der Waals surface area contributed by atoms with Crippen LogP contribution < -0.4 is 15.4 Å². The summed E-state index contributed by atoms with van der Waals surface area (Å²) in [6.45, 7) is 0. The third kappa shape index (κ3) is 3.05. The molecule has 0 saturated carbocycles. The minimum absolute atomic E-state index is 0.0415. The summed E-state index contributed by atoms with van der Waals surface area (Å²) in [5, 5.41) is 6.31. The molecule has 0 unspecified atom stereocenters. The lowest BCUT2D eigenvalue weighted by Gasteiger charge is -2.29. The average Bonchev–Trinajstić information content (AvgIpc) is 2.76. The molecule has 0 aromatic heterocycles. The molecule has 0 saturated heterocycles. The highest BCUT2D eigenvalue weighted by Crippen LogP contribution is 2.48. The van der Waals surface area contributed by atoms with Crippen LogP contribution in [0.1, 0.15) is 33.0 Å². The van der Waals surface area contributed by atoms with Crippen LogP contribution in [0.25, 0.3) is 0 Å². The van der Waals surface area contributed by atoms with E-state index < -0.39 is 0 Å². The van der Waals surface area contributed by atoms with Gasteiger partial charge in [0.2, 0.25) is 0 Å². The van der Waals surface area contributed by atoms with Gasteiger partial charge in [-0.2, -0.15) is 0 Å². The molecule has 142 valence electrons. The van der Waals surface area contributed by atoms with Crippen molar-refractivity contribution in [2.45, 2.75) is 5.92 Å². The molecule has 0 fully saturated rings. The second-order valence-electron chi connectivity index (χ2n) is 6.66. The summed E-state index contributed by atoms with van der Waals surface area (Å²) < 4.78 is 11.1. The van der Waals surface area contributed by atoms with Gasteiger partial charge in [-0.15, -0.1) is 0 Å². The largest absolute Gasteiger partial charge is 0.465 e. The fourth-order valence-electron chi connectivity index (χ4n) is 3.64. The lowest BCUT2D eigenvalue weighted by Crippen LogP contribution is -2.13.